The predicted molar refractivity (Wildman–Crippen MR) is 127 cm³/mol. The van der Waals surface area contributed by atoms with Crippen molar-refractivity contribution in [2.45, 2.75) is 18.8 Å². The Kier molecular flexibility index (Phi) is 6.35. The number of benzene rings is 2. The quantitative estimate of drug-likeness (QED) is 0.405. The molecule has 4 rings (SSSR count). The van der Waals surface area contributed by atoms with E-state index in [9.17, 15) is 9.59 Å². The highest BCUT2D eigenvalue weighted by molar-refractivity contribution is 8.18. The second-order valence-corrected chi connectivity index (χ2v) is 9.02. The van der Waals surface area contributed by atoms with E-state index in [0.29, 0.717) is 4.91 Å². The van der Waals surface area contributed by atoms with Gasteiger partial charge in [0.15, 0.2) is 0 Å². The average Bonchev–Trinajstić information content (AvgIpc) is 3.03. The molecule has 2 unspecified atom stereocenters. The molecule has 4 nitrogen and oxygen atoms in total. The van der Waals surface area contributed by atoms with Crippen molar-refractivity contribution in [1.29, 1.82) is 0 Å². The third kappa shape index (κ3) is 4.78. The van der Waals surface area contributed by atoms with Crippen LogP contribution in [-0.4, -0.2) is 28.5 Å². The maximum absolute atomic E-state index is 12.9. The van der Waals surface area contributed by atoms with Crippen LogP contribution in [0.5, 0.6) is 5.75 Å². The number of nitrogens with zero attached hydrogens (tertiary/aromatic N) is 1. The number of rotatable bonds is 5. The number of amides is 2. The van der Waals surface area contributed by atoms with E-state index >= 15 is 0 Å². The number of thioether (sulfide) groups is 1. The van der Waals surface area contributed by atoms with Gasteiger partial charge in [-0.2, -0.15) is 0 Å². The number of ether oxygens (including phenoxy) is 1. The van der Waals surface area contributed by atoms with Crippen LogP contribution in [0.25, 0.3) is 11.6 Å². The molecule has 2 aromatic carbocycles. The Morgan fingerprint density at radius 3 is 2.65 bits per heavy atom. The molecule has 0 spiro atoms. The van der Waals surface area contributed by atoms with E-state index in [1.54, 1.807) is 13.2 Å². The first-order valence-electron chi connectivity index (χ1n) is 9.97. The van der Waals surface area contributed by atoms with E-state index < -0.39 is 0 Å². The van der Waals surface area contributed by atoms with Gasteiger partial charge >= 0.3 is 0 Å². The van der Waals surface area contributed by atoms with Gasteiger partial charge < -0.3 is 4.74 Å². The van der Waals surface area contributed by atoms with Crippen molar-refractivity contribution in [1.82, 2.24) is 4.90 Å². The molecule has 1 aliphatic carbocycles. The van der Waals surface area contributed by atoms with Crippen LogP contribution in [0.3, 0.4) is 0 Å². The molecule has 31 heavy (non-hydrogen) atoms. The van der Waals surface area contributed by atoms with Crippen LogP contribution in [0.15, 0.2) is 71.7 Å². The van der Waals surface area contributed by atoms with Gasteiger partial charge in [-0.15, -0.1) is 11.6 Å². The van der Waals surface area contributed by atoms with Gasteiger partial charge in [0.25, 0.3) is 11.1 Å². The molecule has 2 atom stereocenters. The number of hydrogen-bond donors (Lipinski definition) is 0. The molecule has 1 heterocycles. The number of carbonyl (C=O) groups is 2. The Hall–Kier alpha value is -2.76. The molecule has 1 aliphatic heterocycles. The number of allylic oxidation sites excluding steroid dienone is 4. The summed E-state index contributed by atoms with van der Waals surface area (Å²) in [6.07, 6.45) is 7.96. The van der Waals surface area contributed by atoms with Crippen LogP contribution in [0, 0.1) is 5.92 Å². The summed E-state index contributed by atoms with van der Waals surface area (Å²) in [7, 11) is 1.60. The third-order valence-corrected chi connectivity index (χ3v) is 6.75. The minimum atomic E-state index is -0.272. The molecule has 2 aromatic rings. The zero-order valence-electron chi connectivity index (χ0n) is 17.2. The van der Waals surface area contributed by atoms with E-state index in [1.807, 2.05) is 60.7 Å². The number of methoxy groups -OCH3 is 1. The molecule has 0 saturated carbocycles. The zero-order chi connectivity index (χ0) is 22.0. The van der Waals surface area contributed by atoms with Crippen LogP contribution in [0.1, 0.15) is 23.6 Å². The molecule has 0 aromatic heterocycles. The molecule has 2 amide bonds. The average molecular weight is 452 g/mol. The van der Waals surface area contributed by atoms with Gasteiger partial charge in [0, 0.05) is 0 Å². The molecule has 0 N–H and O–H groups in total. The first-order chi connectivity index (χ1) is 14.9. The van der Waals surface area contributed by atoms with Crippen molar-refractivity contribution in [2.75, 3.05) is 7.11 Å². The topological polar surface area (TPSA) is 46.6 Å². The van der Waals surface area contributed by atoms with Crippen LogP contribution in [0.2, 0.25) is 0 Å². The lowest BCUT2D eigenvalue weighted by Crippen LogP contribution is -2.27. The van der Waals surface area contributed by atoms with Gasteiger partial charge in [0.05, 0.1) is 23.9 Å². The second-order valence-electron chi connectivity index (χ2n) is 7.53. The van der Waals surface area contributed by atoms with Crippen molar-refractivity contribution in [3.8, 4) is 5.75 Å². The number of carbonyl (C=O) groups excluding carboxylic acids is 2. The summed E-state index contributed by atoms with van der Waals surface area (Å²) in [5.41, 5.74) is 3.90. The number of halogens is 1. The number of imide groups is 1. The van der Waals surface area contributed by atoms with Gasteiger partial charge in [0.1, 0.15) is 5.75 Å². The maximum Gasteiger partial charge on any atom is 0.293 e. The van der Waals surface area contributed by atoms with E-state index in [-0.39, 0.29) is 29.0 Å². The fourth-order valence-corrected chi connectivity index (χ4v) is 4.49. The summed E-state index contributed by atoms with van der Waals surface area (Å²) in [6.45, 7) is 2.32. The second kappa shape index (κ2) is 9.16. The van der Waals surface area contributed by atoms with Crippen LogP contribution < -0.4 is 4.74 Å². The molecule has 6 heteroatoms. The molecule has 0 radical (unpaired) electrons. The maximum atomic E-state index is 12.9. The molecule has 0 bridgehead atoms. The molecule has 2 aliphatic rings. The van der Waals surface area contributed by atoms with Gasteiger partial charge in [-0.1, -0.05) is 55.5 Å². The van der Waals surface area contributed by atoms with Gasteiger partial charge in [-0.05, 0) is 64.2 Å². The van der Waals surface area contributed by atoms with Crippen LogP contribution in [0.4, 0.5) is 4.79 Å². The monoisotopic (exact) mass is 451 g/mol. The minimum absolute atomic E-state index is 0.00394. The van der Waals surface area contributed by atoms with Crippen molar-refractivity contribution in [2.24, 2.45) is 5.92 Å². The summed E-state index contributed by atoms with van der Waals surface area (Å²) in [5.74, 6) is 0.711. The largest absolute Gasteiger partial charge is 0.497 e. The third-order valence-electron chi connectivity index (χ3n) is 5.30. The lowest BCUT2D eigenvalue weighted by molar-refractivity contribution is -0.123. The summed E-state index contributed by atoms with van der Waals surface area (Å²) >= 11 is 7.23. The standard InChI is InChI=1S/C25H22ClNO3S/c1-16-12-20(8-11-22(16)26)19-5-3-4-18(13-19)14-23-24(28)27(25(29)31-23)15-17-6-9-21(30-2)10-7-17/h3-14,16,22H,15H2,1-2H3. The molecule has 1 fully saturated rings. The molecular formula is C25H22ClNO3S. The minimum Gasteiger partial charge on any atom is -0.497 e. The summed E-state index contributed by atoms with van der Waals surface area (Å²) in [5, 5.41) is -0.257. The normalized spacial score (nSPS) is 22.2. The SMILES string of the molecule is COc1ccc(CN2C(=O)SC(=Cc3cccc(C4=CC(C)C(Cl)C=C4)c3)C2=O)cc1. The fraction of sp³-hybridized carbons (Fsp3) is 0.200. The Bertz CT molecular complexity index is 1100. The smallest absolute Gasteiger partial charge is 0.293 e. The lowest BCUT2D eigenvalue weighted by Gasteiger charge is -2.17. The Morgan fingerprint density at radius 1 is 1.16 bits per heavy atom. The lowest BCUT2D eigenvalue weighted by atomic mass is 9.92. The van der Waals surface area contributed by atoms with Gasteiger partial charge in [0.2, 0.25) is 0 Å². The van der Waals surface area contributed by atoms with Gasteiger partial charge in [-0.3, -0.25) is 14.5 Å². The first kappa shape index (κ1) is 21.5. The Labute approximate surface area is 191 Å². The summed E-state index contributed by atoms with van der Waals surface area (Å²) < 4.78 is 5.15. The van der Waals surface area contributed by atoms with E-state index in [4.69, 9.17) is 16.3 Å². The fourth-order valence-electron chi connectivity index (χ4n) is 3.50. The number of alkyl halides is 1. The van der Waals surface area contributed by atoms with Crippen LogP contribution in [-0.2, 0) is 11.3 Å². The van der Waals surface area contributed by atoms with E-state index in [0.717, 1.165) is 39.8 Å². The molecule has 1 saturated heterocycles. The predicted octanol–water partition coefficient (Wildman–Crippen LogP) is 6.13. The van der Waals surface area contributed by atoms with Crippen molar-refractivity contribution >= 4 is 46.2 Å². The van der Waals surface area contributed by atoms with E-state index in [1.165, 1.54) is 4.90 Å². The molecule has 158 valence electrons. The first-order valence-corrected chi connectivity index (χ1v) is 11.2. The van der Waals surface area contributed by atoms with Crippen molar-refractivity contribution in [3.63, 3.8) is 0 Å². The highest BCUT2D eigenvalue weighted by Crippen LogP contribution is 2.34. The summed E-state index contributed by atoms with van der Waals surface area (Å²) in [4.78, 5) is 27.0. The Morgan fingerprint density at radius 2 is 1.94 bits per heavy atom. The Balaban J connectivity index is 1.53. The van der Waals surface area contributed by atoms with Gasteiger partial charge in [-0.25, -0.2) is 0 Å². The zero-order valence-corrected chi connectivity index (χ0v) is 18.8. The van der Waals surface area contributed by atoms with Crippen LogP contribution >= 0.6 is 23.4 Å². The molecular weight excluding hydrogens is 430 g/mol. The highest BCUT2D eigenvalue weighted by atomic mass is 35.5. The summed E-state index contributed by atoms with van der Waals surface area (Å²) in [6, 6.07) is 15.3. The highest BCUT2D eigenvalue weighted by Gasteiger charge is 2.35. The number of hydrogen-bond acceptors (Lipinski definition) is 4. The van der Waals surface area contributed by atoms with Crippen molar-refractivity contribution < 1.29 is 14.3 Å². The van der Waals surface area contributed by atoms with Crippen molar-refractivity contribution in [3.05, 3.63) is 88.4 Å². The van der Waals surface area contributed by atoms with E-state index in [2.05, 4.69) is 13.0 Å².